The highest BCUT2D eigenvalue weighted by molar-refractivity contribution is 8.00. The van der Waals surface area contributed by atoms with Crippen molar-refractivity contribution < 1.29 is 38.7 Å². The van der Waals surface area contributed by atoms with E-state index in [1.807, 2.05) is 39.0 Å². The molecule has 1 heterocycles. The molecule has 6 rings (SSSR count). The molecule has 0 radical (unpaired) electrons. The Morgan fingerprint density at radius 1 is 1.10 bits per heavy atom. The number of aliphatic hydroxyl groups is 2. The van der Waals surface area contributed by atoms with Gasteiger partial charge in [0.1, 0.15) is 24.6 Å². The van der Waals surface area contributed by atoms with Crippen molar-refractivity contribution in [1.82, 2.24) is 0 Å². The number of carbonyl (C=O) groups is 2. The molecule has 9 unspecified atom stereocenters. The summed E-state index contributed by atoms with van der Waals surface area (Å²) in [6.07, 6.45) is 6.53. The molecule has 8 nitrogen and oxygen atoms in total. The van der Waals surface area contributed by atoms with Gasteiger partial charge in [-0.15, -0.1) is 11.8 Å². The minimum Gasteiger partial charge on any atom is -0.389 e. The minimum atomic E-state index is -1.07. The highest BCUT2D eigenvalue weighted by atomic mass is 32.2. The van der Waals surface area contributed by atoms with Crippen molar-refractivity contribution >= 4 is 23.3 Å². The van der Waals surface area contributed by atoms with Crippen LogP contribution in [-0.4, -0.2) is 83.2 Å². The molecule has 1 aliphatic heterocycles. The Bertz CT molecular complexity index is 1440. The zero-order valence-electron chi connectivity index (χ0n) is 30.2. The zero-order chi connectivity index (χ0) is 35.3. The van der Waals surface area contributed by atoms with Crippen molar-refractivity contribution in [3.63, 3.8) is 0 Å². The zero-order valence-corrected chi connectivity index (χ0v) is 31.0. The summed E-state index contributed by atoms with van der Waals surface area (Å²) < 4.78 is 25.6. The lowest BCUT2D eigenvalue weighted by molar-refractivity contribution is -0.263. The normalized spacial score (nSPS) is 43.6. The maximum atomic E-state index is 13.0. The number of aliphatic hydroxyl groups excluding tert-OH is 1. The van der Waals surface area contributed by atoms with Crippen LogP contribution in [0.2, 0.25) is 0 Å². The molecule has 1 aromatic carbocycles. The summed E-state index contributed by atoms with van der Waals surface area (Å²) in [6, 6.07) is 10.1. The third-order valence-corrected chi connectivity index (χ3v) is 14.8. The average Bonchev–Trinajstić information content (AvgIpc) is 3.38. The van der Waals surface area contributed by atoms with Gasteiger partial charge in [-0.3, -0.25) is 9.59 Å². The Balaban J connectivity index is 1.24. The first-order valence-electron chi connectivity index (χ1n) is 18.2. The van der Waals surface area contributed by atoms with Crippen LogP contribution in [-0.2, 0) is 28.5 Å². The molecule has 0 bridgehead atoms. The van der Waals surface area contributed by atoms with Gasteiger partial charge in [0.15, 0.2) is 12.1 Å². The standard InChI is InChI=1S/C40H56O8S/c1-8-23(2)32(42)22-46-33-21-31-30(40(44)19-17-29(24(3)41)39(33,40)6)15-14-26-20-27(16-18-38(26,31)5)48-37-36(49-28-12-10-9-11-13-28)35(45-7)34(43)25(4)47-37/h8-14,25,27,29-31,33-37,43-44H,15-22H2,1-7H3/b23-8+/t25?,27?,29?,30?,31?,33-,34?,35?,36?,37?,38+,39+,40+/m1/s1. The molecule has 0 aromatic heterocycles. The third-order valence-electron chi connectivity index (χ3n) is 13.5. The lowest BCUT2D eigenvalue weighted by atomic mass is 9.45. The first-order valence-corrected chi connectivity index (χ1v) is 19.1. The lowest BCUT2D eigenvalue weighted by Gasteiger charge is -2.63. The maximum absolute atomic E-state index is 13.0. The smallest absolute Gasteiger partial charge is 0.183 e. The molecule has 4 fully saturated rings. The monoisotopic (exact) mass is 696 g/mol. The Hall–Kier alpha value is -1.85. The number of Topliss-reactive ketones (excluding diaryl/α,β-unsaturated/α-hetero) is 2. The fraction of sp³-hybridized carbons (Fsp3) is 0.700. The second-order valence-corrected chi connectivity index (χ2v) is 17.0. The van der Waals surface area contributed by atoms with Crippen molar-refractivity contribution in [3.05, 3.63) is 53.6 Å². The van der Waals surface area contributed by atoms with Gasteiger partial charge < -0.3 is 29.2 Å². The van der Waals surface area contributed by atoms with Crippen LogP contribution in [0.3, 0.4) is 0 Å². The SMILES string of the molecule is C/C=C(\C)C(=O)CO[C@@H]1CC2C(CC=C3CC(OC4OC(C)C(O)C(OC)C4Sc4ccccc4)CC[C@@]32C)[C@@]2(O)CCC(C(C)=O)[C@@]12C. The lowest BCUT2D eigenvalue weighted by Crippen LogP contribution is -2.66. The van der Waals surface area contributed by atoms with E-state index < -0.39 is 41.7 Å². The third kappa shape index (κ3) is 6.34. The summed E-state index contributed by atoms with van der Waals surface area (Å²) in [4.78, 5) is 27.0. The van der Waals surface area contributed by atoms with Crippen LogP contribution >= 0.6 is 11.8 Å². The van der Waals surface area contributed by atoms with Gasteiger partial charge in [-0.1, -0.05) is 49.8 Å². The summed E-state index contributed by atoms with van der Waals surface area (Å²) in [6.45, 7) is 11.5. The number of allylic oxidation sites excluding steroid dienone is 2. The Morgan fingerprint density at radius 2 is 1.84 bits per heavy atom. The van der Waals surface area contributed by atoms with Crippen LogP contribution in [0, 0.1) is 28.6 Å². The number of benzene rings is 1. The van der Waals surface area contributed by atoms with E-state index in [1.165, 1.54) is 5.57 Å². The van der Waals surface area contributed by atoms with E-state index in [1.54, 1.807) is 38.8 Å². The van der Waals surface area contributed by atoms with Crippen LogP contribution < -0.4 is 0 Å². The topological polar surface area (TPSA) is 112 Å². The van der Waals surface area contributed by atoms with Gasteiger partial charge in [-0.2, -0.15) is 0 Å². The highest BCUT2D eigenvalue weighted by Crippen LogP contribution is 2.68. The molecule has 9 heteroatoms. The summed E-state index contributed by atoms with van der Waals surface area (Å²) in [5, 5.41) is 23.5. The number of hydrogen-bond donors (Lipinski definition) is 2. The predicted molar refractivity (Wildman–Crippen MR) is 189 cm³/mol. The number of rotatable bonds is 10. The van der Waals surface area contributed by atoms with Crippen LogP contribution in [0.5, 0.6) is 0 Å². The first kappa shape index (κ1) is 36.9. The van der Waals surface area contributed by atoms with E-state index in [4.69, 9.17) is 18.9 Å². The minimum absolute atomic E-state index is 0.000905. The van der Waals surface area contributed by atoms with Crippen LogP contribution in [0.25, 0.3) is 0 Å². The van der Waals surface area contributed by atoms with Gasteiger partial charge in [0, 0.05) is 23.3 Å². The number of carbonyl (C=O) groups excluding carboxylic acids is 2. The maximum Gasteiger partial charge on any atom is 0.183 e. The number of hydrogen-bond acceptors (Lipinski definition) is 9. The second-order valence-electron chi connectivity index (χ2n) is 15.7. The summed E-state index contributed by atoms with van der Waals surface area (Å²) in [5.74, 6) is -0.144. The van der Waals surface area contributed by atoms with Crippen molar-refractivity contribution in [1.29, 1.82) is 0 Å². The van der Waals surface area contributed by atoms with E-state index in [0.717, 1.165) is 30.6 Å². The molecular weight excluding hydrogens is 640 g/mol. The van der Waals surface area contributed by atoms with Crippen molar-refractivity contribution in [3.8, 4) is 0 Å². The van der Waals surface area contributed by atoms with Crippen molar-refractivity contribution in [2.45, 2.75) is 139 Å². The fourth-order valence-corrected chi connectivity index (χ4v) is 11.6. The van der Waals surface area contributed by atoms with Crippen LogP contribution in [0.1, 0.15) is 86.5 Å². The first-order chi connectivity index (χ1) is 23.3. The molecule has 4 aliphatic carbocycles. The van der Waals surface area contributed by atoms with Crippen LogP contribution in [0.4, 0.5) is 0 Å². The van der Waals surface area contributed by atoms with Crippen molar-refractivity contribution in [2.75, 3.05) is 13.7 Å². The van der Waals surface area contributed by atoms with Gasteiger partial charge in [0.05, 0.1) is 29.2 Å². The van der Waals surface area contributed by atoms with Crippen LogP contribution in [0.15, 0.2) is 58.5 Å². The number of ether oxygens (including phenoxy) is 4. The van der Waals surface area contributed by atoms with Crippen molar-refractivity contribution in [2.24, 2.45) is 28.6 Å². The predicted octanol–water partition coefficient (Wildman–Crippen LogP) is 6.47. The summed E-state index contributed by atoms with van der Waals surface area (Å²) in [5.41, 5.74) is -0.0166. The number of fused-ring (bicyclic) bond motifs is 5. The molecule has 270 valence electrons. The average molecular weight is 697 g/mol. The van der Waals surface area contributed by atoms with E-state index in [-0.39, 0.29) is 52.7 Å². The summed E-state index contributed by atoms with van der Waals surface area (Å²) in [7, 11) is 1.64. The molecule has 0 amide bonds. The molecular formula is C40H56O8S. The molecule has 1 saturated heterocycles. The molecule has 3 saturated carbocycles. The van der Waals surface area contributed by atoms with Gasteiger partial charge in [-0.05, 0) is 108 Å². The van der Waals surface area contributed by atoms with Gasteiger partial charge in [0.25, 0.3) is 0 Å². The molecule has 5 aliphatic rings. The van der Waals surface area contributed by atoms with E-state index >= 15 is 0 Å². The Kier molecular flexibility index (Phi) is 10.8. The van der Waals surface area contributed by atoms with E-state index in [0.29, 0.717) is 24.8 Å². The molecule has 0 spiro atoms. The van der Waals surface area contributed by atoms with Gasteiger partial charge in [-0.25, -0.2) is 0 Å². The van der Waals surface area contributed by atoms with E-state index in [2.05, 4.69) is 25.1 Å². The second kappa shape index (κ2) is 14.3. The largest absolute Gasteiger partial charge is 0.389 e. The van der Waals surface area contributed by atoms with E-state index in [9.17, 15) is 19.8 Å². The number of thioether (sulfide) groups is 1. The molecule has 1 aromatic rings. The van der Waals surface area contributed by atoms with Gasteiger partial charge >= 0.3 is 0 Å². The molecule has 13 atom stereocenters. The fourth-order valence-electron chi connectivity index (χ4n) is 10.3. The molecule has 49 heavy (non-hydrogen) atoms. The Morgan fingerprint density at radius 3 is 2.51 bits per heavy atom. The molecule has 2 N–H and O–H groups in total. The quantitative estimate of drug-likeness (QED) is 0.210. The Labute approximate surface area is 296 Å². The number of ketones is 2. The van der Waals surface area contributed by atoms with Gasteiger partial charge in [0.2, 0.25) is 0 Å². The highest BCUT2D eigenvalue weighted by Gasteiger charge is 2.71. The summed E-state index contributed by atoms with van der Waals surface area (Å²) >= 11 is 1.61. The number of methoxy groups -OCH3 is 1.